The molecule has 1 aliphatic rings. The lowest BCUT2D eigenvalue weighted by Gasteiger charge is -2.32. The summed E-state index contributed by atoms with van der Waals surface area (Å²) in [4.78, 5) is 26.4. The minimum absolute atomic E-state index is 0. The molecule has 1 fully saturated rings. The number of nitrogens with two attached hydrogens (primary N) is 1. The molecule has 1 aromatic rings. The molecule has 6 nitrogen and oxygen atoms in total. The molecule has 1 unspecified atom stereocenters. The van der Waals surface area contributed by atoms with Crippen LogP contribution < -0.4 is 15.8 Å². The molecule has 146 valence electrons. The summed E-state index contributed by atoms with van der Waals surface area (Å²) in [6, 6.07) is 9.44. The van der Waals surface area contributed by atoms with Crippen LogP contribution in [0, 0.1) is 5.92 Å². The Morgan fingerprint density at radius 3 is 2.65 bits per heavy atom. The summed E-state index contributed by atoms with van der Waals surface area (Å²) < 4.78 is 5.58. The zero-order valence-electron chi connectivity index (χ0n) is 15.6. The lowest BCUT2D eigenvalue weighted by molar-refractivity contribution is -0.136. The first-order valence-electron chi connectivity index (χ1n) is 8.87. The Bertz CT molecular complexity index is 575. The van der Waals surface area contributed by atoms with Crippen LogP contribution in [0.3, 0.4) is 0 Å². The van der Waals surface area contributed by atoms with Gasteiger partial charge in [0, 0.05) is 25.2 Å². The molecule has 1 aliphatic heterocycles. The summed E-state index contributed by atoms with van der Waals surface area (Å²) in [6.07, 6.45) is 1.97. The van der Waals surface area contributed by atoms with Crippen molar-refractivity contribution in [3.05, 3.63) is 30.3 Å². The van der Waals surface area contributed by atoms with Crippen molar-refractivity contribution in [1.29, 1.82) is 0 Å². The SMILES string of the molecule is CC(C)(N)CNC(=O)C1CCCN(C(=O)CCOc2ccccc2)C1.Cl. The van der Waals surface area contributed by atoms with E-state index in [0.717, 1.165) is 18.6 Å². The zero-order valence-corrected chi connectivity index (χ0v) is 16.4. The van der Waals surface area contributed by atoms with Gasteiger partial charge in [-0.15, -0.1) is 12.4 Å². The number of carbonyl (C=O) groups excluding carboxylic acids is 2. The predicted octanol–water partition coefficient (Wildman–Crippen LogP) is 1.97. The average molecular weight is 384 g/mol. The number of ether oxygens (including phenoxy) is 1. The second-order valence-corrected chi connectivity index (χ2v) is 7.30. The molecule has 3 N–H and O–H groups in total. The maximum absolute atomic E-state index is 12.4. The molecule has 2 rings (SSSR count). The first kappa shape index (κ1) is 22.3. The van der Waals surface area contributed by atoms with Crippen LogP contribution in [-0.2, 0) is 9.59 Å². The lowest BCUT2D eigenvalue weighted by Crippen LogP contribution is -2.50. The van der Waals surface area contributed by atoms with Crippen molar-refractivity contribution in [3.8, 4) is 5.75 Å². The van der Waals surface area contributed by atoms with Crippen LogP contribution in [0.4, 0.5) is 0 Å². The maximum atomic E-state index is 12.4. The molecule has 1 heterocycles. The fourth-order valence-corrected chi connectivity index (χ4v) is 2.81. The van der Waals surface area contributed by atoms with E-state index in [-0.39, 0.29) is 30.1 Å². The van der Waals surface area contributed by atoms with Gasteiger partial charge in [0.25, 0.3) is 0 Å². The summed E-state index contributed by atoms with van der Waals surface area (Å²) in [5.41, 5.74) is 5.46. The number of amides is 2. The van der Waals surface area contributed by atoms with E-state index in [9.17, 15) is 9.59 Å². The molecule has 1 saturated heterocycles. The van der Waals surface area contributed by atoms with E-state index in [4.69, 9.17) is 10.5 Å². The van der Waals surface area contributed by atoms with Gasteiger partial charge in [0.1, 0.15) is 5.75 Å². The highest BCUT2D eigenvalue weighted by Gasteiger charge is 2.28. The Morgan fingerprint density at radius 2 is 2.00 bits per heavy atom. The summed E-state index contributed by atoms with van der Waals surface area (Å²) in [5.74, 6) is 0.620. The number of nitrogens with one attached hydrogen (secondary N) is 1. The van der Waals surface area contributed by atoms with E-state index < -0.39 is 5.54 Å². The van der Waals surface area contributed by atoms with Gasteiger partial charge in [-0.05, 0) is 38.8 Å². The number of hydrogen-bond acceptors (Lipinski definition) is 4. The summed E-state index contributed by atoms with van der Waals surface area (Å²) >= 11 is 0. The Labute approximate surface area is 161 Å². The minimum Gasteiger partial charge on any atom is -0.493 e. The summed E-state index contributed by atoms with van der Waals surface area (Å²) in [6.45, 7) is 5.70. The van der Waals surface area contributed by atoms with Crippen LogP contribution in [0.25, 0.3) is 0 Å². The Kier molecular flexibility index (Phi) is 8.88. The van der Waals surface area contributed by atoms with E-state index in [1.165, 1.54) is 0 Å². The Hall–Kier alpha value is -1.79. The molecule has 0 aromatic heterocycles. The molecule has 0 radical (unpaired) electrons. The fraction of sp³-hybridized carbons (Fsp3) is 0.579. The summed E-state index contributed by atoms with van der Waals surface area (Å²) in [5, 5.41) is 2.89. The van der Waals surface area contributed by atoms with Crippen molar-refractivity contribution in [2.45, 2.75) is 38.6 Å². The average Bonchev–Trinajstić information content (AvgIpc) is 2.60. The molecule has 0 bridgehead atoms. The second-order valence-electron chi connectivity index (χ2n) is 7.30. The van der Waals surface area contributed by atoms with Gasteiger partial charge in [-0.3, -0.25) is 9.59 Å². The van der Waals surface area contributed by atoms with Gasteiger partial charge in [-0.2, -0.15) is 0 Å². The number of likely N-dealkylation sites (tertiary alicyclic amines) is 1. The standard InChI is InChI=1S/C19H29N3O3.ClH/c1-19(2,20)14-21-18(24)15-7-6-11-22(13-15)17(23)10-12-25-16-8-4-3-5-9-16;/h3-5,8-9,15H,6-7,10-14,20H2,1-2H3,(H,21,24);1H. The molecular formula is C19H30ClN3O3. The molecule has 1 atom stereocenters. The highest BCUT2D eigenvalue weighted by molar-refractivity contribution is 5.85. The Morgan fingerprint density at radius 1 is 1.31 bits per heavy atom. The molecule has 2 amide bonds. The molecule has 7 heteroatoms. The number of nitrogens with zero attached hydrogens (tertiary/aromatic N) is 1. The second kappa shape index (κ2) is 10.4. The van der Waals surface area contributed by atoms with Crippen LogP contribution in [0.2, 0.25) is 0 Å². The van der Waals surface area contributed by atoms with E-state index in [0.29, 0.717) is 32.7 Å². The number of para-hydroxylation sites is 1. The van der Waals surface area contributed by atoms with Crippen molar-refractivity contribution in [2.75, 3.05) is 26.2 Å². The third-order valence-electron chi connectivity index (χ3n) is 4.19. The number of piperidine rings is 1. The number of hydrogen-bond donors (Lipinski definition) is 2. The maximum Gasteiger partial charge on any atom is 0.226 e. The van der Waals surface area contributed by atoms with Crippen molar-refractivity contribution in [3.63, 3.8) is 0 Å². The van der Waals surface area contributed by atoms with Gasteiger partial charge < -0.3 is 20.7 Å². The monoisotopic (exact) mass is 383 g/mol. The van der Waals surface area contributed by atoms with Crippen molar-refractivity contribution >= 4 is 24.2 Å². The first-order valence-corrected chi connectivity index (χ1v) is 8.87. The molecule has 1 aromatic carbocycles. The normalized spacial score (nSPS) is 17.2. The summed E-state index contributed by atoms with van der Waals surface area (Å²) in [7, 11) is 0. The van der Waals surface area contributed by atoms with Gasteiger partial charge in [0.15, 0.2) is 0 Å². The van der Waals surface area contributed by atoms with Gasteiger partial charge in [-0.1, -0.05) is 18.2 Å². The quantitative estimate of drug-likeness (QED) is 0.753. The number of halogens is 1. The van der Waals surface area contributed by atoms with Crippen LogP contribution >= 0.6 is 12.4 Å². The lowest BCUT2D eigenvalue weighted by atomic mass is 9.96. The van der Waals surface area contributed by atoms with Crippen molar-refractivity contribution in [1.82, 2.24) is 10.2 Å². The van der Waals surface area contributed by atoms with E-state index in [2.05, 4.69) is 5.32 Å². The molecule has 0 aliphatic carbocycles. The Balaban J connectivity index is 0.00000338. The highest BCUT2D eigenvalue weighted by Crippen LogP contribution is 2.18. The van der Waals surface area contributed by atoms with Gasteiger partial charge >= 0.3 is 0 Å². The van der Waals surface area contributed by atoms with E-state index in [1.54, 1.807) is 4.90 Å². The van der Waals surface area contributed by atoms with E-state index >= 15 is 0 Å². The molecule has 26 heavy (non-hydrogen) atoms. The van der Waals surface area contributed by atoms with Crippen LogP contribution in [0.1, 0.15) is 33.1 Å². The number of benzene rings is 1. The number of carbonyl (C=O) groups is 2. The van der Waals surface area contributed by atoms with Crippen LogP contribution in [-0.4, -0.2) is 48.5 Å². The zero-order chi connectivity index (χ0) is 18.3. The van der Waals surface area contributed by atoms with Gasteiger partial charge in [0.2, 0.25) is 11.8 Å². The third-order valence-corrected chi connectivity index (χ3v) is 4.19. The minimum atomic E-state index is -0.436. The van der Waals surface area contributed by atoms with Gasteiger partial charge in [0.05, 0.1) is 18.9 Å². The van der Waals surface area contributed by atoms with Crippen LogP contribution in [0.5, 0.6) is 5.75 Å². The van der Waals surface area contributed by atoms with E-state index in [1.807, 2.05) is 44.2 Å². The third kappa shape index (κ3) is 7.62. The smallest absolute Gasteiger partial charge is 0.226 e. The molecular weight excluding hydrogens is 354 g/mol. The van der Waals surface area contributed by atoms with Crippen molar-refractivity contribution in [2.24, 2.45) is 11.7 Å². The van der Waals surface area contributed by atoms with Crippen LogP contribution in [0.15, 0.2) is 30.3 Å². The predicted molar refractivity (Wildman–Crippen MR) is 104 cm³/mol. The molecule has 0 spiro atoms. The highest BCUT2D eigenvalue weighted by atomic mass is 35.5. The largest absolute Gasteiger partial charge is 0.493 e. The first-order chi connectivity index (χ1) is 11.8. The topological polar surface area (TPSA) is 84.7 Å². The van der Waals surface area contributed by atoms with Crippen molar-refractivity contribution < 1.29 is 14.3 Å². The molecule has 0 saturated carbocycles. The fourth-order valence-electron chi connectivity index (χ4n) is 2.81. The number of rotatable bonds is 7. The van der Waals surface area contributed by atoms with Gasteiger partial charge in [-0.25, -0.2) is 0 Å².